The molecule has 0 spiro atoms. The Hall–Kier alpha value is -0.0800. The fraction of sp³-hybridized carbons (Fsp3) is 0.875. The number of morpholine rings is 1. The van der Waals surface area contributed by atoms with Crippen LogP contribution < -0.4 is 0 Å². The molecule has 56 valence electrons. The van der Waals surface area contributed by atoms with Crippen molar-refractivity contribution in [3.63, 3.8) is 0 Å². The molecule has 1 aliphatic heterocycles. The second-order valence-corrected chi connectivity index (χ2v) is 3.20. The van der Waals surface area contributed by atoms with Gasteiger partial charge in [0.05, 0.1) is 13.2 Å². The van der Waals surface area contributed by atoms with Crippen molar-refractivity contribution in [2.45, 2.75) is 18.4 Å². The highest BCUT2D eigenvalue weighted by molar-refractivity contribution is 5.06. The first-order valence-electron chi connectivity index (χ1n) is 3.93. The first-order valence-corrected chi connectivity index (χ1v) is 3.93. The standard InChI is InChI=1S/C8H13NO/c1-8(2-3-8)9-4-6-10-7-5-9/h1H,2-7H2. The van der Waals surface area contributed by atoms with Crippen LogP contribution in [0.25, 0.3) is 0 Å². The Kier molecular flexibility index (Phi) is 1.46. The average Bonchev–Trinajstić information content (AvgIpc) is 2.72. The molecular weight excluding hydrogens is 126 g/mol. The van der Waals surface area contributed by atoms with E-state index >= 15 is 0 Å². The van der Waals surface area contributed by atoms with E-state index in [4.69, 9.17) is 11.7 Å². The van der Waals surface area contributed by atoms with Gasteiger partial charge in [-0.1, -0.05) is 0 Å². The minimum Gasteiger partial charge on any atom is -0.379 e. The summed E-state index contributed by atoms with van der Waals surface area (Å²) in [5.74, 6) is 0. The molecule has 1 heterocycles. The van der Waals surface area contributed by atoms with Crippen LogP contribution in [0, 0.1) is 6.92 Å². The molecule has 0 N–H and O–H groups in total. The molecule has 1 saturated heterocycles. The highest BCUT2D eigenvalue weighted by Crippen LogP contribution is 2.40. The number of hydrogen-bond donors (Lipinski definition) is 0. The molecule has 2 fully saturated rings. The number of ether oxygens (including phenoxy) is 1. The Morgan fingerprint density at radius 1 is 1.20 bits per heavy atom. The second-order valence-electron chi connectivity index (χ2n) is 3.20. The van der Waals surface area contributed by atoms with Crippen LogP contribution in [0.15, 0.2) is 0 Å². The molecular formula is C8H13NO. The van der Waals surface area contributed by atoms with E-state index in [2.05, 4.69) is 4.90 Å². The SMILES string of the molecule is [CH]C1(N2CCOCC2)CC1. The zero-order valence-electron chi connectivity index (χ0n) is 6.18. The maximum Gasteiger partial charge on any atom is 0.0594 e. The predicted octanol–water partition coefficient (Wildman–Crippen LogP) is 0.562. The Morgan fingerprint density at radius 3 is 2.30 bits per heavy atom. The van der Waals surface area contributed by atoms with Gasteiger partial charge in [-0.15, -0.1) is 0 Å². The van der Waals surface area contributed by atoms with Crippen molar-refractivity contribution in [2.75, 3.05) is 26.3 Å². The Labute approximate surface area is 62.2 Å². The van der Waals surface area contributed by atoms with E-state index < -0.39 is 0 Å². The smallest absolute Gasteiger partial charge is 0.0594 e. The van der Waals surface area contributed by atoms with Crippen molar-refractivity contribution in [3.8, 4) is 0 Å². The second kappa shape index (κ2) is 2.21. The summed E-state index contributed by atoms with van der Waals surface area (Å²) >= 11 is 0. The van der Waals surface area contributed by atoms with E-state index in [1.54, 1.807) is 0 Å². The van der Waals surface area contributed by atoms with Crippen LogP contribution >= 0.6 is 0 Å². The topological polar surface area (TPSA) is 12.5 Å². The van der Waals surface area contributed by atoms with Gasteiger partial charge in [0.25, 0.3) is 0 Å². The summed E-state index contributed by atoms with van der Waals surface area (Å²) < 4.78 is 5.23. The van der Waals surface area contributed by atoms with Gasteiger partial charge in [-0.2, -0.15) is 0 Å². The van der Waals surface area contributed by atoms with Gasteiger partial charge < -0.3 is 4.74 Å². The number of hydrogen-bond acceptors (Lipinski definition) is 2. The van der Waals surface area contributed by atoms with Crippen LogP contribution in [-0.2, 0) is 4.74 Å². The fourth-order valence-electron chi connectivity index (χ4n) is 1.45. The van der Waals surface area contributed by atoms with E-state index in [-0.39, 0.29) is 5.54 Å². The van der Waals surface area contributed by atoms with Gasteiger partial charge in [0.2, 0.25) is 0 Å². The quantitative estimate of drug-likeness (QED) is 0.526. The molecule has 1 aliphatic carbocycles. The summed E-state index contributed by atoms with van der Waals surface area (Å²) in [6, 6.07) is 0. The predicted molar refractivity (Wildman–Crippen MR) is 38.7 cm³/mol. The lowest BCUT2D eigenvalue weighted by atomic mass is 10.2. The monoisotopic (exact) mass is 139 g/mol. The highest BCUT2D eigenvalue weighted by atomic mass is 16.5. The van der Waals surface area contributed by atoms with E-state index in [0.717, 1.165) is 26.3 Å². The number of nitrogens with zero attached hydrogens (tertiary/aromatic N) is 1. The largest absolute Gasteiger partial charge is 0.379 e. The minimum atomic E-state index is 0.0732. The summed E-state index contributed by atoms with van der Waals surface area (Å²) in [5, 5.41) is 0. The fourth-order valence-corrected chi connectivity index (χ4v) is 1.45. The maximum absolute atomic E-state index is 5.99. The van der Waals surface area contributed by atoms with Crippen LogP contribution in [-0.4, -0.2) is 36.7 Å². The third-order valence-electron chi connectivity index (χ3n) is 2.40. The van der Waals surface area contributed by atoms with Gasteiger partial charge in [0, 0.05) is 18.6 Å². The van der Waals surface area contributed by atoms with Crippen molar-refractivity contribution in [3.05, 3.63) is 6.92 Å². The molecule has 0 atom stereocenters. The molecule has 2 nitrogen and oxygen atoms in total. The third-order valence-corrected chi connectivity index (χ3v) is 2.40. The summed E-state index contributed by atoms with van der Waals surface area (Å²) in [6.07, 6.45) is 2.35. The zero-order valence-corrected chi connectivity index (χ0v) is 6.18. The molecule has 1 saturated carbocycles. The molecule has 10 heavy (non-hydrogen) atoms. The van der Waals surface area contributed by atoms with E-state index in [0.29, 0.717) is 0 Å². The lowest BCUT2D eigenvalue weighted by Gasteiger charge is -2.32. The van der Waals surface area contributed by atoms with Crippen molar-refractivity contribution in [1.29, 1.82) is 0 Å². The highest BCUT2D eigenvalue weighted by Gasteiger charge is 2.43. The van der Waals surface area contributed by atoms with Gasteiger partial charge >= 0.3 is 0 Å². The normalized spacial score (nSPS) is 32.1. The van der Waals surface area contributed by atoms with E-state index in [1.165, 1.54) is 12.8 Å². The molecule has 2 rings (SSSR count). The third kappa shape index (κ3) is 1.06. The lowest BCUT2D eigenvalue weighted by molar-refractivity contribution is 0.0195. The van der Waals surface area contributed by atoms with Crippen LogP contribution in [0.2, 0.25) is 0 Å². The molecule has 2 aliphatic rings. The molecule has 0 aromatic carbocycles. The molecule has 0 unspecified atom stereocenters. The van der Waals surface area contributed by atoms with Crippen molar-refractivity contribution < 1.29 is 4.74 Å². The summed E-state index contributed by atoms with van der Waals surface area (Å²) in [6.45, 7) is 9.76. The van der Waals surface area contributed by atoms with Crippen LogP contribution in [0.5, 0.6) is 0 Å². The van der Waals surface area contributed by atoms with Gasteiger partial charge in [0.1, 0.15) is 0 Å². The van der Waals surface area contributed by atoms with Gasteiger partial charge in [-0.3, -0.25) is 4.90 Å². The number of rotatable bonds is 1. The molecule has 0 aromatic rings. The van der Waals surface area contributed by atoms with E-state index in [9.17, 15) is 0 Å². The Bertz CT molecular complexity index is 125. The van der Waals surface area contributed by atoms with E-state index in [1.807, 2.05) is 0 Å². The lowest BCUT2D eigenvalue weighted by Crippen LogP contribution is -2.43. The zero-order chi connectivity index (χ0) is 7.03. The van der Waals surface area contributed by atoms with Crippen molar-refractivity contribution >= 4 is 0 Å². The van der Waals surface area contributed by atoms with Crippen LogP contribution in [0.3, 0.4) is 0 Å². The van der Waals surface area contributed by atoms with Crippen LogP contribution in [0.1, 0.15) is 12.8 Å². The van der Waals surface area contributed by atoms with Crippen LogP contribution in [0.4, 0.5) is 0 Å². The van der Waals surface area contributed by atoms with Crippen molar-refractivity contribution in [1.82, 2.24) is 4.90 Å². The first-order chi connectivity index (χ1) is 4.81. The molecule has 2 heteroatoms. The molecule has 0 bridgehead atoms. The molecule has 0 amide bonds. The Morgan fingerprint density at radius 2 is 1.80 bits per heavy atom. The Balaban J connectivity index is 1.91. The summed E-state index contributed by atoms with van der Waals surface area (Å²) in [4.78, 5) is 2.34. The van der Waals surface area contributed by atoms with Crippen molar-refractivity contribution in [2.24, 2.45) is 0 Å². The average molecular weight is 139 g/mol. The first kappa shape index (κ1) is 6.62. The summed E-state index contributed by atoms with van der Waals surface area (Å²) in [7, 11) is 0. The maximum atomic E-state index is 5.99. The van der Waals surface area contributed by atoms with Gasteiger partial charge in [-0.05, 0) is 19.8 Å². The minimum absolute atomic E-state index is 0.0732. The summed E-state index contributed by atoms with van der Waals surface area (Å²) in [5.41, 5.74) is 0.0732. The molecule has 2 radical (unpaired) electrons. The molecule has 0 aromatic heterocycles. The van der Waals surface area contributed by atoms with Gasteiger partial charge in [-0.25, -0.2) is 0 Å². The van der Waals surface area contributed by atoms with Gasteiger partial charge in [0.15, 0.2) is 0 Å².